The number of anilines is 1. The van der Waals surface area contributed by atoms with Gasteiger partial charge < -0.3 is 5.32 Å². The topological polar surface area (TPSA) is 45.2 Å². The van der Waals surface area contributed by atoms with Gasteiger partial charge >= 0.3 is 0 Å². The summed E-state index contributed by atoms with van der Waals surface area (Å²) in [5.41, 5.74) is 1.13. The van der Waals surface area contributed by atoms with Gasteiger partial charge in [0.05, 0.1) is 11.7 Å². The molecule has 98 valence electrons. The summed E-state index contributed by atoms with van der Waals surface area (Å²) in [5, 5.41) is 4.31. The number of carbonyl (C=O) groups excluding carboxylic acids is 1. The van der Waals surface area contributed by atoms with Crippen molar-refractivity contribution in [2.45, 2.75) is 51.6 Å². The fourth-order valence-electron chi connectivity index (χ4n) is 2.42. The first-order valence-electron chi connectivity index (χ1n) is 6.72. The fraction of sp³-hybridized carbons (Fsp3) is 0.692. The van der Waals surface area contributed by atoms with E-state index < -0.39 is 0 Å². The lowest BCUT2D eigenvalue weighted by molar-refractivity contribution is -0.118. The lowest BCUT2D eigenvalue weighted by atomic mass is 10.2. The molecule has 1 aliphatic heterocycles. The SMILES string of the molecule is CCc1nc(N2CCC(NC3CC3)C2=O)sc1C. The molecule has 1 N–H and O–H groups in total. The summed E-state index contributed by atoms with van der Waals surface area (Å²) >= 11 is 1.64. The number of nitrogens with one attached hydrogen (secondary N) is 1. The van der Waals surface area contributed by atoms with Crippen molar-refractivity contribution in [3.05, 3.63) is 10.6 Å². The molecule has 5 heteroatoms. The predicted molar refractivity (Wildman–Crippen MR) is 73.1 cm³/mol. The number of thiazole rings is 1. The molecule has 0 spiro atoms. The Hall–Kier alpha value is -0.940. The highest BCUT2D eigenvalue weighted by Crippen LogP contribution is 2.30. The number of carbonyl (C=O) groups is 1. The van der Waals surface area contributed by atoms with Crippen molar-refractivity contribution in [3.8, 4) is 0 Å². The van der Waals surface area contributed by atoms with Gasteiger partial charge in [0, 0.05) is 17.5 Å². The standard InChI is InChI=1S/C13H19N3OS/c1-3-10-8(2)18-13(15-10)16-7-6-11(12(16)17)14-9-4-5-9/h9,11,14H,3-7H2,1-2H3. The molecule has 1 atom stereocenters. The fourth-order valence-corrected chi connectivity index (χ4v) is 3.44. The monoisotopic (exact) mass is 265 g/mol. The van der Waals surface area contributed by atoms with Crippen molar-refractivity contribution in [2.24, 2.45) is 0 Å². The van der Waals surface area contributed by atoms with E-state index in [9.17, 15) is 4.79 Å². The molecule has 1 saturated carbocycles. The largest absolute Gasteiger partial charge is 0.303 e. The number of hydrogen-bond donors (Lipinski definition) is 1. The summed E-state index contributed by atoms with van der Waals surface area (Å²) < 4.78 is 0. The van der Waals surface area contributed by atoms with Gasteiger partial charge in [0.2, 0.25) is 5.91 Å². The summed E-state index contributed by atoms with van der Waals surface area (Å²) in [7, 11) is 0. The van der Waals surface area contributed by atoms with Crippen LogP contribution in [-0.2, 0) is 11.2 Å². The van der Waals surface area contributed by atoms with E-state index in [1.165, 1.54) is 17.7 Å². The second-order valence-corrected chi connectivity index (χ2v) is 6.31. The number of hydrogen-bond acceptors (Lipinski definition) is 4. The van der Waals surface area contributed by atoms with Crippen LogP contribution in [0.2, 0.25) is 0 Å². The zero-order chi connectivity index (χ0) is 12.7. The average Bonchev–Trinajstić information content (AvgIpc) is 2.99. The Morgan fingerprint density at radius 2 is 2.22 bits per heavy atom. The van der Waals surface area contributed by atoms with E-state index in [1.54, 1.807) is 11.3 Å². The van der Waals surface area contributed by atoms with E-state index >= 15 is 0 Å². The maximum Gasteiger partial charge on any atom is 0.245 e. The maximum absolute atomic E-state index is 12.3. The predicted octanol–water partition coefficient (Wildman–Crippen LogP) is 1.87. The summed E-state index contributed by atoms with van der Waals surface area (Å²) in [4.78, 5) is 20.0. The minimum Gasteiger partial charge on any atom is -0.303 e. The Labute approximate surface area is 111 Å². The normalized spacial score (nSPS) is 24.0. The van der Waals surface area contributed by atoms with Crippen LogP contribution in [0.5, 0.6) is 0 Å². The van der Waals surface area contributed by atoms with E-state index in [-0.39, 0.29) is 11.9 Å². The zero-order valence-corrected chi connectivity index (χ0v) is 11.7. The molecule has 2 aliphatic rings. The van der Waals surface area contributed by atoms with Crippen LogP contribution in [0.3, 0.4) is 0 Å². The van der Waals surface area contributed by atoms with Crippen molar-refractivity contribution >= 4 is 22.4 Å². The Morgan fingerprint density at radius 1 is 1.44 bits per heavy atom. The maximum atomic E-state index is 12.3. The van der Waals surface area contributed by atoms with Crippen molar-refractivity contribution in [1.82, 2.24) is 10.3 Å². The molecule has 0 radical (unpaired) electrons. The third-order valence-corrected chi connectivity index (χ3v) is 4.70. The molecule has 0 bridgehead atoms. The Bertz CT molecular complexity index is 467. The highest BCUT2D eigenvalue weighted by Gasteiger charge is 2.37. The second kappa shape index (κ2) is 4.63. The minimum atomic E-state index is 0.0202. The van der Waals surface area contributed by atoms with Gasteiger partial charge in [-0.15, -0.1) is 11.3 Å². The first-order chi connectivity index (χ1) is 8.69. The first-order valence-corrected chi connectivity index (χ1v) is 7.54. The lowest BCUT2D eigenvalue weighted by Crippen LogP contribution is -2.39. The Morgan fingerprint density at radius 3 is 2.83 bits per heavy atom. The molecule has 4 nitrogen and oxygen atoms in total. The van der Waals surface area contributed by atoms with Gasteiger partial charge in [0.1, 0.15) is 0 Å². The van der Waals surface area contributed by atoms with Gasteiger partial charge in [-0.05, 0) is 32.6 Å². The number of aromatic nitrogens is 1. The molecule has 2 fully saturated rings. The number of rotatable bonds is 4. The van der Waals surface area contributed by atoms with Crippen LogP contribution >= 0.6 is 11.3 Å². The third kappa shape index (κ3) is 2.17. The zero-order valence-electron chi connectivity index (χ0n) is 10.9. The van der Waals surface area contributed by atoms with Crippen LogP contribution in [0.25, 0.3) is 0 Å². The van der Waals surface area contributed by atoms with Gasteiger partial charge in [-0.2, -0.15) is 0 Å². The second-order valence-electron chi connectivity index (χ2n) is 5.12. The van der Waals surface area contributed by atoms with E-state index in [0.29, 0.717) is 6.04 Å². The van der Waals surface area contributed by atoms with Gasteiger partial charge in [0.15, 0.2) is 5.13 Å². The van der Waals surface area contributed by atoms with Gasteiger partial charge in [-0.1, -0.05) is 6.92 Å². The quantitative estimate of drug-likeness (QED) is 0.904. The van der Waals surface area contributed by atoms with Crippen LogP contribution in [0.4, 0.5) is 5.13 Å². The van der Waals surface area contributed by atoms with Gasteiger partial charge in [-0.25, -0.2) is 4.98 Å². The van der Waals surface area contributed by atoms with E-state index in [1.807, 2.05) is 4.90 Å². The Balaban J connectivity index is 1.73. The molecule has 1 amide bonds. The molecular weight excluding hydrogens is 246 g/mol. The number of nitrogens with zero attached hydrogens (tertiary/aromatic N) is 2. The van der Waals surface area contributed by atoms with Crippen LogP contribution in [0.1, 0.15) is 36.8 Å². The lowest BCUT2D eigenvalue weighted by Gasteiger charge is -2.13. The highest BCUT2D eigenvalue weighted by molar-refractivity contribution is 7.15. The van der Waals surface area contributed by atoms with Crippen LogP contribution in [0.15, 0.2) is 0 Å². The molecule has 18 heavy (non-hydrogen) atoms. The number of amides is 1. The van der Waals surface area contributed by atoms with Crippen molar-refractivity contribution in [1.29, 1.82) is 0 Å². The molecule has 0 aromatic carbocycles. The van der Waals surface area contributed by atoms with Crippen molar-refractivity contribution < 1.29 is 4.79 Å². The molecule has 1 aromatic rings. The van der Waals surface area contributed by atoms with E-state index in [2.05, 4.69) is 24.1 Å². The molecule has 2 heterocycles. The van der Waals surface area contributed by atoms with Crippen LogP contribution in [-0.4, -0.2) is 29.5 Å². The van der Waals surface area contributed by atoms with Crippen molar-refractivity contribution in [3.63, 3.8) is 0 Å². The molecule has 1 aromatic heterocycles. The molecule has 1 saturated heterocycles. The summed E-state index contributed by atoms with van der Waals surface area (Å²) in [6.45, 7) is 4.99. The van der Waals surface area contributed by atoms with Crippen LogP contribution < -0.4 is 10.2 Å². The first kappa shape index (κ1) is 12.1. The summed E-state index contributed by atoms with van der Waals surface area (Å²) in [6.07, 6.45) is 4.30. The number of aryl methyl sites for hydroxylation is 2. The summed E-state index contributed by atoms with van der Waals surface area (Å²) in [6, 6.07) is 0.606. The minimum absolute atomic E-state index is 0.0202. The van der Waals surface area contributed by atoms with Gasteiger partial charge in [0.25, 0.3) is 0 Å². The van der Waals surface area contributed by atoms with E-state index in [0.717, 1.165) is 30.2 Å². The smallest absolute Gasteiger partial charge is 0.245 e. The summed E-state index contributed by atoms with van der Waals surface area (Å²) in [5.74, 6) is 0.207. The molecule has 1 aliphatic carbocycles. The average molecular weight is 265 g/mol. The highest BCUT2D eigenvalue weighted by atomic mass is 32.1. The van der Waals surface area contributed by atoms with Crippen LogP contribution in [0, 0.1) is 6.92 Å². The molecule has 1 unspecified atom stereocenters. The Kier molecular flexibility index (Phi) is 3.11. The molecule has 3 rings (SSSR count). The van der Waals surface area contributed by atoms with Crippen molar-refractivity contribution in [2.75, 3.05) is 11.4 Å². The van der Waals surface area contributed by atoms with E-state index in [4.69, 9.17) is 0 Å². The third-order valence-electron chi connectivity index (χ3n) is 3.67. The molecular formula is C13H19N3OS. The van der Waals surface area contributed by atoms with Gasteiger partial charge in [-0.3, -0.25) is 9.69 Å².